The molecule has 1 heterocycles. The van der Waals surface area contributed by atoms with E-state index in [0.717, 1.165) is 32.6 Å². The van der Waals surface area contributed by atoms with Gasteiger partial charge in [0.25, 0.3) is 0 Å². The summed E-state index contributed by atoms with van der Waals surface area (Å²) in [5.41, 5.74) is 0. The van der Waals surface area contributed by atoms with Crippen LogP contribution in [0.15, 0.2) is 0 Å². The van der Waals surface area contributed by atoms with E-state index in [-0.39, 0.29) is 6.03 Å². The molecule has 0 aromatic carbocycles. The maximum Gasteiger partial charge on any atom is 0.317 e. The molecule has 0 spiro atoms. The third-order valence-corrected chi connectivity index (χ3v) is 3.28. The summed E-state index contributed by atoms with van der Waals surface area (Å²) in [5, 5.41) is 11.5. The largest absolute Gasteiger partial charge is 0.481 e. The van der Waals surface area contributed by atoms with Gasteiger partial charge in [-0.15, -0.1) is 0 Å². The van der Waals surface area contributed by atoms with Gasteiger partial charge in [-0.1, -0.05) is 6.92 Å². The number of carbonyl (C=O) groups excluding carboxylic acids is 1. The fourth-order valence-electron chi connectivity index (χ4n) is 1.88. The summed E-state index contributed by atoms with van der Waals surface area (Å²) in [4.78, 5) is 26.5. The normalized spacial score (nSPS) is 19.1. The number of carbonyl (C=O) groups is 2. The van der Waals surface area contributed by atoms with E-state index in [1.165, 1.54) is 0 Å². The molecule has 0 bridgehead atoms. The second-order valence-electron chi connectivity index (χ2n) is 4.90. The van der Waals surface area contributed by atoms with E-state index < -0.39 is 11.9 Å². The average molecular weight is 257 g/mol. The van der Waals surface area contributed by atoms with Crippen molar-refractivity contribution in [2.24, 2.45) is 5.92 Å². The number of nitrogens with zero attached hydrogens (tertiary/aromatic N) is 2. The molecule has 1 atom stereocenters. The van der Waals surface area contributed by atoms with Gasteiger partial charge in [0.05, 0.1) is 5.92 Å². The monoisotopic (exact) mass is 257 g/mol. The minimum Gasteiger partial charge on any atom is -0.481 e. The first kappa shape index (κ1) is 14.8. The number of hydrogen-bond acceptors (Lipinski definition) is 3. The maximum absolute atomic E-state index is 11.9. The van der Waals surface area contributed by atoms with Crippen LogP contribution < -0.4 is 5.32 Å². The molecule has 0 radical (unpaired) electrons. The predicted octanol–water partition coefficient (Wildman–Crippen LogP) is 0.444. The Morgan fingerprint density at radius 3 is 2.67 bits per heavy atom. The Bertz CT molecular complexity index is 296. The highest BCUT2D eigenvalue weighted by atomic mass is 16.4. The van der Waals surface area contributed by atoms with Gasteiger partial charge in [-0.05, 0) is 26.4 Å². The predicted molar refractivity (Wildman–Crippen MR) is 68.5 cm³/mol. The van der Waals surface area contributed by atoms with Crippen LogP contribution in [-0.4, -0.2) is 66.7 Å². The second kappa shape index (κ2) is 7.20. The van der Waals surface area contributed by atoms with Crippen molar-refractivity contribution in [2.75, 3.05) is 39.8 Å². The molecule has 1 unspecified atom stereocenters. The molecule has 1 rings (SSSR count). The number of urea groups is 1. The first-order chi connectivity index (χ1) is 8.50. The van der Waals surface area contributed by atoms with Crippen molar-refractivity contribution < 1.29 is 14.7 Å². The van der Waals surface area contributed by atoms with Gasteiger partial charge in [-0.25, -0.2) is 4.79 Å². The van der Waals surface area contributed by atoms with Gasteiger partial charge >= 0.3 is 12.0 Å². The van der Waals surface area contributed by atoms with Crippen molar-refractivity contribution in [3.63, 3.8) is 0 Å². The molecular weight excluding hydrogens is 234 g/mol. The van der Waals surface area contributed by atoms with Crippen molar-refractivity contribution >= 4 is 12.0 Å². The molecule has 0 saturated carbocycles. The standard InChI is InChI=1S/C12H23N3O3/c1-10(11(16)17)4-5-13-12(18)15-7-3-6-14(2)8-9-15/h10H,3-9H2,1-2H3,(H,13,18)(H,16,17). The zero-order valence-corrected chi connectivity index (χ0v) is 11.2. The SMILES string of the molecule is CC(CCNC(=O)N1CCCN(C)CC1)C(=O)O. The zero-order chi connectivity index (χ0) is 13.5. The molecule has 1 fully saturated rings. The summed E-state index contributed by atoms with van der Waals surface area (Å²) in [7, 11) is 2.05. The van der Waals surface area contributed by atoms with Gasteiger partial charge in [-0.3, -0.25) is 4.79 Å². The topological polar surface area (TPSA) is 72.9 Å². The molecule has 104 valence electrons. The van der Waals surface area contributed by atoms with Crippen LogP contribution in [-0.2, 0) is 4.79 Å². The Kier molecular flexibility index (Phi) is 5.91. The lowest BCUT2D eigenvalue weighted by atomic mass is 10.1. The third-order valence-electron chi connectivity index (χ3n) is 3.28. The summed E-state index contributed by atoms with van der Waals surface area (Å²) in [6.45, 7) is 5.47. The molecular formula is C12H23N3O3. The van der Waals surface area contributed by atoms with Crippen molar-refractivity contribution in [3.8, 4) is 0 Å². The Labute approximate surface area is 108 Å². The average Bonchev–Trinajstić information content (AvgIpc) is 2.53. The summed E-state index contributed by atoms with van der Waals surface area (Å²) >= 11 is 0. The summed E-state index contributed by atoms with van der Waals surface area (Å²) in [5.74, 6) is -1.23. The van der Waals surface area contributed by atoms with Crippen molar-refractivity contribution in [1.29, 1.82) is 0 Å². The molecule has 18 heavy (non-hydrogen) atoms. The van der Waals surface area contributed by atoms with Crippen LogP contribution in [0.3, 0.4) is 0 Å². The van der Waals surface area contributed by atoms with Crippen molar-refractivity contribution in [2.45, 2.75) is 19.8 Å². The van der Waals surface area contributed by atoms with Gasteiger partial charge in [0.15, 0.2) is 0 Å². The minimum atomic E-state index is -0.819. The Balaban J connectivity index is 2.25. The highest BCUT2D eigenvalue weighted by molar-refractivity contribution is 5.74. The summed E-state index contributed by atoms with van der Waals surface area (Å²) in [6.07, 6.45) is 1.45. The number of aliphatic carboxylic acids is 1. The van der Waals surface area contributed by atoms with Gasteiger partial charge < -0.3 is 20.2 Å². The van der Waals surface area contributed by atoms with E-state index in [9.17, 15) is 9.59 Å². The number of nitrogens with one attached hydrogen (secondary N) is 1. The number of rotatable bonds is 4. The fraction of sp³-hybridized carbons (Fsp3) is 0.833. The van der Waals surface area contributed by atoms with Crippen LogP contribution in [0.5, 0.6) is 0 Å². The summed E-state index contributed by atoms with van der Waals surface area (Å²) in [6, 6.07) is -0.0807. The zero-order valence-electron chi connectivity index (χ0n) is 11.2. The van der Waals surface area contributed by atoms with E-state index in [2.05, 4.69) is 17.3 Å². The van der Waals surface area contributed by atoms with Crippen LogP contribution in [0, 0.1) is 5.92 Å². The van der Waals surface area contributed by atoms with Crippen LogP contribution in [0.4, 0.5) is 4.79 Å². The summed E-state index contributed by atoms with van der Waals surface area (Å²) < 4.78 is 0. The Hall–Kier alpha value is -1.30. The minimum absolute atomic E-state index is 0.0807. The molecule has 1 aliphatic heterocycles. The Morgan fingerprint density at radius 1 is 1.28 bits per heavy atom. The van der Waals surface area contributed by atoms with Gasteiger partial charge in [0.2, 0.25) is 0 Å². The van der Waals surface area contributed by atoms with E-state index in [1.54, 1.807) is 11.8 Å². The highest BCUT2D eigenvalue weighted by Gasteiger charge is 2.17. The molecule has 6 heteroatoms. The highest BCUT2D eigenvalue weighted by Crippen LogP contribution is 2.03. The first-order valence-corrected chi connectivity index (χ1v) is 6.45. The van der Waals surface area contributed by atoms with Crippen LogP contribution in [0.1, 0.15) is 19.8 Å². The number of carboxylic acids is 1. The smallest absolute Gasteiger partial charge is 0.317 e. The maximum atomic E-state index is 11.9. The van der Waals surface area contributed by atoms with Crippen molar-refractivity contribution in [1.82, 2.24) is 15.1 Å². The van der Waals surface area contributed by atoms with E-state index in [0.29, 0.717) is 13.0 Å². The first-order valence-electron chi connectivity index (χ1n) is 6.45. The Morgan fingerprint density at radius 2 is 2.00 bits per heavy atom. The van der Waals surface area contributed by atoms with E-state index >= 15 is 0 Å². The third kappa shape index (κ3) is 4.91. The number of hydrogen-bond donors (Lipinski definition) is 2. The van der Waals surface area contributed by atoms with E-state index in [4.69, 9.17) is 5.11 Å². The fourth-order valence-corrected chi connectivity index (χ4v) is 1.88. The molecule has 6 nitrogen and oxygen atoms in total. The quantitative estimate of drug-likeness (QED) is 0.766. The lowest BCUT2D eigenvalue weighted by Crippen LogP contribution is -2.42. The van der Waals surface area contributed by atoms with Crippen LogP contribution in [0.25, 0.3) is 0 Å². The second-order valence-corrected chi connectivity index (χ2v) is 4.90. The van der Waals surface area contributed by atoms with Crippen molar-refractivity contribution in [3.05, 3.63) is 0 Å². The van der Waals surface area contributed by atoms with Gasteiger partial charge in [0.1, 0.15) is 0 Å². The van der Waals surface area contributed by atoms with Gasteiger partial charge in [0, 0.05) is 26.2 Å². The van der Waals surface area contributed by atoms with Gasteiger partial charge in [-0.2, -0.15) is 0 Å². The van der Waals surface area contributed by atoms with Crippen LogP contribution in [0.2, 0.25) is 0 Å². The molecule has 0 aromatic heterocycles. The number of carboxylic acid groups (broad SMARTS) is 1. The molecule has 2 amide bonds. The van der Waals surface area contributed by atoms with E-state index in [1.807, 2.05) is 0 Å². The lowest BCUT2D eigenvalue weighted by molar-refractivity contribution is -0.141. The van der Waals surface area contributed by atoms with Crippen LogP contribution >= 0.6 is 0 Å². The molecule has 0 aromatic rings. The molecule has 0 aliphatic carbocycles. The lowest BCUT2D eigenvalue weighted by Gasteiger charge is -2.21. The number of likely N-dealkylation sites (N-methyl/N-ethyl adjacent to an activating group) is 1. The molecule has 1 aliphatic rings. The number of amides is 2. The molecule has 2 N–H and O–H groups in total. The molecule has 1 saturated heterocycles.